The van der Waals surface area contributed by atoms with Crippen LogP contribution in [0.15, 0.2) is 42.5 Å². The first-order valence-corrected chi connectivity index (χ1v) is 6.75. The summed E-state index contributed by atoms with van der Waals surface area (Å²) in [6.45, 7) is 2.48. The zero-order valence-electron chi connectivity index (χ0n) is 11.6. The first kappa shape index (κ1) is 14.5. The van der Waals surface area contributed by atoms with Crippen LogP contribution >= 0.6 is 12.2 Å². The van der Waals surface area contributed by atoms with Crippen molar-refractivity contribution < 1.29 is 4.39 Å². The Balaban J connectivity index is 2.22. The van der Waals surface area contributed by atoms with Gasteiger partial charge in [0.2, 0.25) is 0 Å². The van der Waals surface area contributed by atoms with Crippen molar-refractivity contribution in [3.63, 3.8) is 0 Å². The summed E-state index contributed by atoms with van der Waals surface area (Å²) in [5.74, 6) is -0.184. The van der Waals surface area contributed by atoms with Gasteiger partial charge in [0.1, 0.15) is 10.8 Å². The maximum absolute atomic E-state index is 13.7. The Bertz CT molecular complexity index is 640. The maximum atomic E-state index is 13.7. The van der Waals surface area contributed by atoms with Crippen molar-refractivity contribution in [2.75, 3.05) is 11.9 Å². The SMILES string of the molecule is Cc1cc(N(C)Cc2ccccc2F)ccc1C(N)=S. The van der Waals surface area contributed by atoms with E-state index in [1.54, 1.807) is 12.1 Å². The molecule has 0 heterocycles. The Morgan fingerprint density at radius 2 is 1.95 bits per heavy atom. The van der Waals surface area contributed by atoms with Gasteiger partial charge in [0.25, 0.3) is 0 Å². The zero-order chi connectivity index (χ0) is 14.7. The highest BCUT2D eigenvalue weighted by Gasteiger charge is 2.08. The van der Waals surface area contributed by atoms with Crippen LogP contribution in [0.1, 0.15) is 16.7 Å². The first-order valence-electron chi connectivity index (χ1n) is 6.34. The summed E-state index contributed by atoms with van der Waals surface area (Å²) < 4.78 is 13.7. The van der Waals surface area contributed by atoms with E-state index in [2.05, 4.69) is 0 Å². The first-order chi connectivity index (χ1) is 9.49. The fourth-order valence-electron chi connectivity index (χ4n) is 2.14. The Morgan fingerprint density at radius 1 is 1.25 bits per heavy atom. The van der Waals surface area contributed by atoms with Crippen molar-refractivity contribution in [1.82, 2.24) is 0 Å². The molecular formula is C16H17FN2S. The molecule has 104 valence electrons. The van der Waals surface area contributed by atoms with Crippen molar-refractivity contribution in [1.29, 1.82) is 0 Å². The Labute approximate surface area is 124 Å². The van der Waals surface area contributed by atoms with Gasteiger partial charge in [0, 0.05) is 30.4 Å². The number of anilines is 1. The van der Waals surface area contributed by atoms with Crippen molar-refractivity contribution in [3.05, 3.63) is 65.0 Å². The molecule has 20 heavy (non-hydrogen) atoms. The molecule has 0 unspecified atom stereocenters. The van der Waals surface area contributed by atoms with Crippen LogP contribution in [0.25, 0.3) is 0 Å². The highest BCUT2D eigenvalue weighted by molar-refractivity contribution is 7.80. The number of aryl methyl sites for hydroxylation is 1. The lowest BCUT2D eigenvalue weighted by Gasteiger charge is -2.21. The van der Waals surface area contributed by atoms with E-state index in [1.807, 2.05) is 43.1 Å². The lowest BCUT2D eigenvalue weighted by atomic mass is 10.1. The maximum Gasteiger partial charge on any atom is 0.128 e. The molecule has 0 bridgehead atoms. The van der Waals surface area contributed by atoms with Crippen molar-refractivity contribution >= 4 is 22.9 Å². The molecule has 0 atom stereocenters. The average Bonchev–Trinajstić information content (AvgIpc) is 2.40. The number of benzene rings is 2. The summed E-state index contributed by atoms with van der Waals surface area (Å²) in [5.41, 5.74) is 9.23. The van der Waals surface area contributed by atoms with E-state index in [1.165, 1.54) is 6.07 Å². The van der Waals surface area contributed by atoms with Crippen LogP contribution in [-0.4, -0.2) is 12.0 Å². The average molecular weight is 288 g/mol. The van der Waals surface area contributed by atoms with Crippen molar-refractivity contribution in [3.8, 4) is 0 Å². The largest absolute Gasteiger partial charge is 0.389 e. The van der Waals surface area contributed by atoms with Gasteiger partial charge in [-0.05, 0) is 36.8 Å². The van der Waals surface area contributed by atoms with Crippen LogP contribution < -0.4 is 10.6 Å². The third-order valence-electron chi connectivity index (χ3n) is 3.28. The molecule has 2 aromatic rings. The number of hydrogen-bond acceptors (Lipinski definition) is 2. The van der Waals surface area contributed by atoms with Gasteiger partial charge in [0.05, 0.1) is 0 Å². The quantitative estimate of drug-likeness (QED) is 0.874. The van der Waals surface area contributed by atoms with E-state index in [0.717, 1.165) is 16.8 Å². The predicted molar refractivity (Wildman–Crippen MR) is 85.6 cm³/mol. The molecule has 2 N–H and O–H groups in total. The molecule has 0 radical (unpaired) electrons. The van der Waals surface area contributed by atoms with Crippen LogP contribution in [-0.2, 0) is 6.54 Å². The number of rotatable bonds is 4. The van der Waals surface area contributed by atoms with Gasteiger partial charge >= 0.3 is 0 Å². The van der Waals surface area contributed by atoms with Crippen LogP contribution in [0.3, 0.4) is 0 Å². The third kappa shape index (κ3) is 3.14. The minimum atomic E-state index is -0.184. The third-order valence-corrected chi connectivity index (χ3v) is 3.50. The molecular weight excluding hydrogens is 271 g/mol. The van der Waals surface area contributed by atoms with E-state index in [9.17, 15) is 4.39 Å². The summed E-state index contributed by atoms with van der Waals surface area (Å²) >= 11 is 5.00. The standard InChI is InChI=1S/C16H17FN2S/c1-11-9-13(7-8-14(11)16(18)20)19(2)10-12-5-3-4-6-15(12)17/h3-9H,10H2,1-2H3,(H2,18,20). The zero-order valence-corrected chi connectivity index (χ0v) is 12.4. The Kier molecular flexibility index (Phi) is 4.35. The normalized spacial score (nSPS) is 10.3. The summed E-state index contributed by atoms with van der Waals surface area (Å²) in [7, 11) is 1.93. The molecule has 0 aromatic heterocycles. The lowest BCUT2D eigenvalue weighted by molar-refractivity contribution is 0.608. The molecule has 2 aromatic carbocycles. The van der Waals surface area contributed by atoms with Crippen LogP contribution in [0.5, 0.6) is 0 Å². The number of halogens is 1. The van der Waals surface area contributed by atoms with Crippen LogP contribution in [0, 0.1) is 12.7 Å². The van der Waals surface area contributed by atoms with Gasteiger partial charge in [0.15, 0.2) is 0 Å². The minimum absolute atomic E-state index is 0.184. The van der Waals surface area contributed by atoms with E-state index >= 15 is 0 Å². The van der Waals surface area contributed by atoms with Gasteiger partial charge in [-0.15, -0.1) is 0 Å². The van der Waals surface area contributed by atoms with Gasteiger partial charge in [-0.25, -0.2) is 4.39 Å². The van der Waals surface area contributed by atoms with Gasteiger partial charge in [-0.3, -0.25) is 0 Å². The molecule has 2 rings (SSSR count). The molecule has 0 fully saturated rings. The predicted octanol–water partition coefficient (Wildman–Crippen LogP) is 3.40. The molecule has 0 aliphatic carbocycles. The van der Waals surface area contributed by atoms with E-state index in [0.29, 0.717) is 17.1 Å². The molecule has 0 saturated carbocycles. The number of nitrogens with zero attached hydrogens (tertiary/aromatic N) is 1. The van der Waals surface area contributed by atoms with Crippen LogP contribution in [0.2, 0.25) is 0 Å². The fraction of sp³-hybridized carbons (Fsp3) is 0.188. The lowest BCUT2D eigenvalue weighted by Crippen LogP contribution is -2.18. The Hall–Kier alpha value is -1.94. The summed E-state index contributed by atoms with van der Waals surface area (Å²) in [6, 6.07) is 12.7. The summed E-state index contributed by atoms with van der Waals surface area (Å²) in [5, 5.41) is 0. The van der Waals surface area contributed by atoms with E-state index in [4.69, 9.17) is 18.0 Å². The van der Waals surface area contributed by atoms with Gasteiger partial charge < -0.3 is 10.6 Å². The molecule has 4 heteroatoms. The van der Waals surface area contributed by atoms with Crippen molar-refractivity contribution in [2.45, 2.75) is 13.5 Å². The van der Waals surface area contributed by atoms with Gasteiger partial charge in [-0.1, -0.05) is 30.4 Å². The van der Waals surface area contributed by atoms with Crippen molar-refractivity contribution in [2.24, 2.45) is 5.73 Å². The molecule has 0 aliphatic rings. The molecule has 0 aliphatic heterocycles. The number of hydrogen-bond donors (Lipinski definition) is 1. The highest BCUT2D eigenvalue weighted by Crippen LogP contribution is 2.20. The molecule has 0 spiro atoms. The second kappa shape index (κ2) is 6.01. The second-order valence-corrected chi connectivity index (χ2v) is 5.25. The topological polar surface area (TPSA) is 29.3 Å². The number of thiocarbonyl (C=S) groups is 1. The van der Waals surface area contributed by atoms with Crippen LogP contribution in [0.4, 0.5) is 10.1 Å². The minimum Gasteiger partial charge on any atom is -0.389 e. The molecule has 2 nitrogen and oxygen atoms in total. The highest BCUT2D eigenvalue weighted by atomic mass is 32.1. The van der Waals surface area contributed by atoms with E-state index < -0.39 is 0 Å². The van der Waals surface area contributed by atoms with Gasteiger partial charge in [-0.2, -0.15) is 0 Å². The smallest absolute Gasteiger partial charge is 0.128 e. The Morgan fingerprint density at radius 3 is 2.55 bits per heavy atom. The second-order valence-electron chi connectivity index (χ2n) is 4.81. The fourth-order valence-corrected chi connectivity index (χ4v) is 2.36. The monoisotopic (exact) mass is 288 g/mol. The summed E-state index contributed by atoms with van der Waals surface area (Å²) in [6.07, 6.45) is 0. The summed E-state index contributed by atoms with van der Waals surface area (Å²) in [4.78, 5) is 2.39. The number of nitrogens with two attached hydrogens (primary N) is 1. The van der Waals surface area contributed by atoms with E-state index in [-0.39, 0.29) is 5.82 Å². The molecule has 0 amide bonds. The molecule has 0 saturated heterocycles.